The maximum atomic E-state index is 6.03. The number of methoxy groups -OCH3 is 3. The smallest absolute Gasteiger partial charge is 0.200 e. The summed E-state index contributed by atoms with van der Waals surface area (Å²) in [6.07, 6.45) is 0.284. The predicted molar refractivity (Wildman–Crippen MR) is 106 cm³/mol. The molecule has 2 unspecified atom stereocenters. The largest absolute Gasteiger partial charge is 0.497 e. The molecule has 0 amide bonds. The zero-order valence-corrected chi connectivity index (χ0v) is 17.2. The van der Waals surface area contributed by atoms with Crippen LogP contribution < -0.4 is 24.7 Å². The third-order valence-electron chi connectivity index (χ3n) is 4.56. The molecular formula is C20H24BrNO5. The molecule has 2 N–H and O–H groups in total. The lowest BCUT2D eigenvalue weighted by atomic mass is 9.86. The topological polar surface area (TPSA) is 72.2 Å². The van der Waals surface area contributed by atoms with Gasteiger partial charge in [0, 0.05) is 30.5 Å². The van der Waals surface area contributed by atoms with Crippen molar-refractivity contribution in [2.45, 2.75) is 18.6 Å². The van der Waals surface area contributed by atoms with Crippen molar-refractivity contribution in [3.8, 4) is 23.0 Å². The molecule has 27 heavy (non-hydrogen) atoms. The van der Waals surface area contributed by atoms with Gasteiger partial charge in [0.25, 0.3) is 0 Å². The van der Waals surface area contributed by atoms with Gasteiger partial charge in [-0.15, -0.1) is 0 Å². The molecule has 1 aliphatic heterocycles. The quantitative estimate of drug-likeness (QED) is 0.711. The standard InChI is InChI=1S/C20H24BrNO5/c1-23-13-4-5-14-15(11-19(26-7-6-22)27-17(14)10-13)12-8-16(21)20(25-3)18(9-12)24-2/h4-5,8-10,15,19H,6-7,11,22H2,1-3H3. The Morgan fingerprint density at radius 1 is 1.11 bits per heavy atom. The van der Waals surface area contributed by atoms with Gasteiger partial charge in [0.15, 0.2) is 11.5 Å². The van der Waals surface area contributed by atoms with E-state index in [1.807, 2.05) is 30.3 Å². The lowest BCUT2D eigenvalue weighted by molar-refractivity contribution is -0.0912. The van der Waals surface area contributed by atoms with Crippen molar-refractivity contribution < 1.29 is 23.7 Å². The summed E-state index contributed by atoms with van der Waals surface area (Å²) in [5.41, 5.74) is 7.74. The van der Waals surface area contributed by atoms with Crippen LogP contribution in [0.3, 0.4) is 0 Å². The first-order valence-electron chi connectivity index (χ1n) is 8.69. The summed E-state index contributed by atoms with van der Waals surface area (Å²) >= 11 is 3.58. The van der Waals surface area contributed by atoms with E-state index in [9.17, 15) is 0 Å². The number of halogens is 1. The maximum absolute atomic E-state index is 6.03. The van der Waals surface area contributed by atoms with Crippen LogP contribution in [0.5, 0.6) is 23.0 Å². The molecule has 7 heteroatoms. The second-order valence-electron chi connectivity index (χ2n) is 6.14. The first-order chi connectivity index (χ1) is 13.1. The molecule has 2 aromatic carbocycles. The minimum atomic E-state index is -0.384. The van der Waals surface area contributed by atoms with E-state index in [0.717, 1.165) is 27.1 Å². The Kier molecular flexibility index (Phi) is 6.46. The molecular weight excluding hydrogens is 414 g/mol. The minimum Gasteiger partial charge on any atom is -0.497 e. The van der Waals surface area contributed by atoms with E-state index in [2.05, 4.69) is 15.9 Å². The van der Waals surface area contributed by atoms with Crippen LogP contribution in [0.15, 0.2) is 34.8 Å². The van der Waals surface area contributed by atoms with Crippen LogP contribution in [-0.2, 0) is 4.74 Å². The van der Waals surface area contributed by atoms with Gasteiger partial charge >= 0.3 is 0 Å². The third-order valence-corrected chi connectivity index (χ3v) is 5.15. The first-order valence-corrected chi connectivity index (χ1v) is 9.48. The summed E-state index contributed by atoms with van der Waals surface area (Å²) in [5, 5.41) is 0. The summed E-state index contributed by atoms with van der Waals surface area (Å²) < 4.78 is 28.9. The fourth-order valence-electron chi connectivity index (χ4n) is 3.30. The fraction of sp³-hybridized carbons (Fsp3) is 0.400. The van der Waals surface area contributed by atoms with Crippen molar-refractivity contribution >= 4 is 15.9 Å². The lowest BCUT2D eigenvalue weighted by Crippen LogP contribution is -2.30. The zero-order valence-electron chi connectivity index (χ0n) is 15.7. The van der Waals surface area contributed by atoms with Crippen LogP contribution in [-0.4, -0.2) is 40.8 Å². The van der Waals surface area contributed by atoms with Gasteiger partial charge in [0.1, 0.15) is 11.5 Å². The fourth-order valence-corrected chi connectivity index (χ4v) is 3.92. The van der Waals surface area contributed by atoms with Gasteiger partial charge in [-0.05, 0) is 39.7 Å². The molecule has 0 radical (unpaired) electrons. The van der Waals surface area contributed by atoms with Crippen LogP contribution in [0.25, 0.3) is 0 Å². The molecule has 0 spiro atoms. The summed E-state index contributed by atoms with van der Waals surface area (Å²) in [5.74, 6) is 2.89. The Labute approximate surface area is 167 Å². The van der Waals surface area contributed by atoms with E-state index >= 15 is 0 Å². The van der Waals surface area contributed by atoms with Crippen molar-refractivity contribution in [3.05, 3.63) is 45.9 Å². The minimum absolute atomic E-state index is 0.0681. The number of benzene rings is 2. The van der Waals surface area contributed by atoms with Crippen molar-refractivity contribution in [1.29, 1.82) is 0 Å². The van der Waals surface area contributed by atoms with Gasteiger partial charge in [-0.2, -0.15) is 0 Å². The van der Waals surface area contributed by atoms with Crippen molar-refractivity contribution in [1.82, 2.24) is 0 Å². The zero-order chi connectivity index (χ0) is 19.4. The van der Waals surface area contributed by atoms with Gasteiger partial charge in [-0.1, -0.05) is 6.07 Å². The Bertz CT molecular complexity index is 798. The average Bonchev–Trinajstić information content (AvgIpc) is 2.70. The summed E-state index contributed by atoms with van der Waals surface area (Å²) in [7, 11) is 4.88. The Morgan fingerprint density at radius 3 is 2.59 bits per heavy atom. The van der Waals surface area contributed by atoms with Crippen LogP contribution >= 0.6 is 15.9 Å². The normalized spacial score (nSPS) is 18.4. The second-order valence-corrected chi connectivity index (χ2v) is 6.99. The molecule has 2 aromatic rings. The highest BCUT2D eigenvalue weighted by Crippen LogP contribution is 2.46. The van der Waals surface area contributed by atoms with Crippen molar-refractivity contribution in [3.63, 3.8) is 0 Å². The van der Waals surface area contributed by atoms with Gasteiger partial charge in [-0.25, -0.2) is 0 Å². The monoisotopic (exact) mass is 437 g/mol. The molecule has 0 saturated heterocycles. The number of fused-ring (bicyclic) bond motifs is 1. The van der Waals surface area contributed by atoms with Gasteiger partial charge in [-0.3, -0.25) is 0 Å². The molecule has 1 heterocycles. The highest BCUT2D eigenvalue weighted by Gasteiger charge is 2.31. The second kappa shape index (κ2) is 8.82. The van der Waals surface area contributed by atoms with Gasteiger partial charge in [0.2, 0.25) is 6.29 Å². The molecule has 146 valence electrons. The molecule has 0 aliphatic carbocycles. The third kappa shape index (κ3) is 4.15. The molecule has 0 aromatic heterocycles. The molecule has 0 fully saturated rings. The predicted octanol–water partition coefficient (Wildman–Crippen LogP) is 3.69. The molecule has 1 aliphatic rings. The Balaban J connectivity index is 2.04. The average molecular weight is 438 g/mol. The van der Waals surface area contributed by atoms with Crippen LogP contribution in [0, 0.1) is 0 Å². The van der Waals surface area contributed by atoms with E-state index in [1.54, 1.807) is 21.3 Å². The summed E-state index contributed by atoms with van der Waals surface area (Å²) in [6.45, 7) is 0.879. The van der Waals surface area contributed by atoms with Gasteiger partial charge in [0.05, 0.1) is 32.4 Å². The molecule has 3 rings (SSSR count). The summed E-state index contributed by atoms with van der Waals surface area (Å²) in [6, 6.07) is 9.89. The van der Waals surface area contributed by atoms with E-state index in [-0.39, 0.29) is 12.2 Å². The summed E-state index contributed by atoms with van der Waals surface area (Å²) in [4.78, 5) is 0. The molecule has 6 nitrogen and oxygen atoms in total. The maximum Gasteiger partial charge on any atom is 0.200 e. The Hall–Kier alpha value is -1.96. The van der Waals surface area contributed by atoms with Crippen LogP contribution in [0.1, 0.15) is 23.5 Å². The number of rotatable bonds is 7. The number of hydrogen-bond acceptors (Lipinski definition) is 6. The SMILES string of the molecule is COc1ccc2c(c1)OC(OCCN)CC2c1cc(Br)c(OC)c(OC)c1. The van der Waals surface area contributed by atoms with Crippen LogP contribution in [0.2, 0.25) is 0 Å². The van der Waals surface area contributed by atoms with Crippen molar-refractivity contribution in [2.24, 2.45) is 5.73 Å². The van der Waals surface area contributed by atoms with Crippen LogP contribution in [0.4, 0.5) is 0 Å². The Morgan fingerprint density at radius 2 is 1.93 bits per heavy atom. The highest BCUT2D eigenvalue weighted by atomic mass is 79.9. The number of hydrogen-bond donors (Lipinski definition) is 1. The van der Waals surface area contributed by atoms with Gasteiger partial charge < -0.3 is 29.4 Å². The molecule has 0 saturated carbocycles. The van der Waals surface area contributed by atoms with E-state index < -0.39 is 0 Å². The number of ether oxygens (including phenoxy) is 5. The highest BCUT2D eigenvalue weighted by molar-refractivity contribution is 9.10. The molecule has 0 bridgehead atoms. The van der Waals surface area contributed by atoms with E-state index in [4.69, 9.17) is 29.4 Å². The molecule has 2 atom stereocenters. The van der Waals surface area contributed by atoms with Crippen molar-refractivity contribution in [2.75, 3.05) is 34.5 Å². The number of nitrogens with two attached hydrogens (primary N) is 1. The lowest BCUT2D eigenvalue weighted by Gasteiger charge is -2.33. The first kappa shape index (κ1) is 19.8. The van der Waals surface area contributed by atoms with E-state index in [0.29, 0.717) is 31.1 Å². The van der Waals surface area contributed by atoms with E-state index in [1.165, 1.54) is 0 Å².